The molecule has 31 heavy (non-hydrogen) atoms. The lowest BCUT2D eigenvalue weighted by Crippen LogP contribution is -2.35. The summed E-state index contributed by atoms with van der Waals surface area (Å²) in [6.07, 6.45) is 0.217. The first-order chi connectivity index (χ1) is 14.7. The molecule has 0 saturated heterocycles. The Morgan fingerprint density at radius 3 is 2.61 bits per heavy atom. The predicted octanol–water partition coefficient (Wildman–Crippen LogP) is 4.29. The maximum atomic E-state index is 13.7. The van der Waals surface area contributed by atoms with E-state index in [0.29, 0.717) is 26.6 Å². The fourth-order valence-electron chi connectivity index (χ4n) is 2.94. The SMILES string of the molecule is CC1=C(C(=O)O[C@H](C)C(=O)OC(C)C)C(c2ccc(F)cc2Br)N=C(c2nccs2)N1. The van der Waals surface area contributed by atoms with Crippen LogP contribution in [0.1, 0.15) is 44.3 Å². The molecule has 0 bridgehead atoms. The number of carbonyl (C=O) groups excluding carboxylic acids is 2. The van der Waals surface area contributed by atoms with Crippen LogP contribution in [0.5, 0.6) is 0 Å². The first kappa shape index (κ1) is 23.1. The maximum absolute atomic E-state index is 13.7. The van der Waals surface area contributed by atoms with Gasteiger partial charge in [-0.15, -0.1) is 11.3 Å². The molecule has 2 atom stereocenters. The largest absolute Gasteiger partial charge is 0.460 e. The van der Waals surface area contributed by atoms with Crippen LogP contribution in [0.15, 0.2) is 50.5 Å². The number of rotatable bonds is 6. The van der Waals surface area contributed by atoms with Crippen molar-refractivity contribution in [2.75, 3.05) is 0 Å². The van der Waals surface area contributed by atoms with Gasteiger partial charge in [0, 0.05) is 21.7 Å². The number of amidine groups is 1. The van der Waals surface area contributed by atoms with E-state index in [9.17, 15) is 14.0 Å². The van der Waals surface area contributed by atoms with Gasteiger partial charge in [0.2, 0.25) is 0 Å². The zero-order valence-corrected chi connectivity index (χ0v) is 19.7. The average molecular weight is 510 g/mol. The molecule has 1 aromatic heterocycles. The van der Waals surface area contributed by atoms with Gasteiger partial charge < -0.3 is 14.8 Å². The van der Waals surface area contributed by atoms with E-state index in [0.717, 1.165) is 0 Å². The van der Waals surface area contributed by atoms with Crippen LogP contribution >= 0.6 is 27.3 Å². The van der Waals surface area contributed by atoms with E-state index in [1.807, 2.05) is 5.38 Å². The van der Waals surface area contributed by atoms with E-state index >= 15 is 0 Å². The zero-order valence-electron chi connectivity index (χ0n) is 17.3. The molecule has 1 aliphatic heterocycles. The monoisotopic (exact) mass is 509 g/mol. The molecule has 7 nitrogen and oxygen atoms in total. The molecule has 1 aliphatic rings. The number of hydrogen-bond donors (Lipinski definition) is 1. The van der Waals surface area contributed by atoms with Gasteiger partial charge in [0.05, 0.1) is 11.7 Å². The molecule has 1 unspecified atom stereocenters. The Labute approximate surface area is 191 Å². The first-order valence-electron chi connectivity index (χ1n) is 9.49. The van der Waals surface area contributed by atoms with Gasteiger partial charge in [-0.2, -0.15) is 0 Å². The van der Waals surface area contributed by atoms with Crippen LogP contribution in [0.25, 0.3) is 0 Å². The Morgan fingerprint density at radius 1 is 1.26 bits per heavy atom. The number of hydrogen-bond acceptors (Lipinski definition) is 8. The van der Waals surface area contributed by atoms with Crippen molar-refractivity contribution in [1.29, 1.82) is 0 Å². The zero-order chi connectivity index (χ0) is 22.7. The molecule has 1 N–H and O–H groups in total. The highest BCUT2D eigenvalue weighted by molar-refractivity contribution is 9.10. The Kier molecular flexibility index (Phi) is 7.22. The molecule has 2 aromatic rings. The number of aliphatic imine (C=N–C) groups is 1. The lowest BCUT2D eigenvalue weighted by molar-refractivity contribution is -0.167. The molecule has 0 spiro atoms. The third kappa shape index (κ3) is 5.37. The molecule has 0 aliphatic carbocycles. The number of ether oxygens (including phenoxy) is 2. The van der Waals surface area contributed by atoms with Crippen LogP contribution in [0.2, 0.25) is 0 Å². The smallest absolute Gasteiger partial charge is 0.347 e. The van der Waals surface area contributed by atoms with Gasteiger partial charge in [-0.1, -0.05) is 22.0 Å². The van der Waals surface area contributed by atoms with Gasteiger partial charge in [-0.3, -0.25) is 4.99 Å². The Balaban J connectivity index is 1.97. The van der Waals surface area contributed by atoms with Crippen LogP contribution in [0, 0.1) is 5.82 Å². The van der Waals surface area contributed by atoms with E-state index in [2.05, 4.69) is 31.2 Å². The van der Waals surface area contributed by atoms with E-state index in [4.69, 9.17) is 9.47 Å². The highest BCUT2D eigenvalue weighted by atomic mass is 79.9. The highest BCUT2D eigenvalue weighted by Gasteiger charge is 2.34. The molecular formula is C21H21BrFN3O4S. The first-order valence-corrected chi connectivity index (χ1v) is 11.2. The molecule has 0 saturated carbocycles. The number of aromatic nitrogens is 1. The van der Waals surface area contributed by atoms with Crippen LogP contribution in [-0.2, 0) is 19.1 Å². The van der Waals surface area contributed by atoms with E-state index in [1.54, 1.807) is 33.0 Å². The topological polar surface area (TPSA) is 89.9 Å². The van der Waals surface area contributed by atoms with E-state index in [-0.39, 0.29) is 11.7 Å². The number of esters is 2. The quantitative estimate of drug-likeness (QED) is 0.584. The normalized spacial score (nSPS) is 17.1. The standard InChI is InChI=1S/C21H21BrFN3O4S/c1-10(2)29-20(27)12(4)30-21(28)16-11(3)25-18(19-24-7-8-31-19)26-17(16)14-6-5-13(23)9-15(14)22/h5-10,12,17H,1-4H3,(H,25,26)/t12-,17?/m1/s1. The van der Waals surface area contributed by atoms with Crippen molar-refractivity contribution in [3.05, 3.63) is 61.9 Å². The molecule has 3 rings (SSSR count). The number of halogens is 2. The summed E-state index contributed by atoms with van der Waals surface area (Å²) in [5.74, 6) is -1.31. The molecule has 0 fully saturated rings. The molecule has 0 amide bonds. The molecule has 1 aromatic carbocycles. The summed E-state index contributed by atoms with van der Waals surface area (Å²) in [5.41, 5.74) is 1.27. The van der Waals surface area contributed by atoms with Gasteiger partial charge in [-0.05, 0) is 45.4 Å². The van der Waals surface area contributed by atoms with E-state index < -0.39 is 29.9 Å². The van der Waals surface area contributed by atoms with Crippen molar-refractivity contribution in [2.24, 2.45) is 4.99 Å². The summed E-state index contributed by atoms with van der Waals surface area (Å²) in [4.78, 5) is 34.1. The Morgan fingerprint density at radius 2 is 2.00 bits per heavy atom. The lowest BCUT2D eigenvalue weighted by atomic mass is 9.96. The van der Waals surface area contributed by atoms with Crippen LogP contribution in [0.4, 0.5) is 4.39 Å². The second-order valence-corrected chi connectivity index (χ2v) is 8.83. The molecule has 164 valence electrons. The van der Waals surface area contributed by atoms with Crippen molar-refractivity contribution in [1.82, 2.24) is 10.3 Å². The lowest BCUT2D eigenvalue weighted by Gasteiger charge is -2.27. The summed E-state index contributed by atoms with van der Waals surface area (Å²) in [6, 6.07) is 3.35. The summed E-state index contributed by atoms with van der Waals surface area (Å²) >= 11 is 4.75. The van der Waals surface area contributed by atoms with Gasteiger partial charge in [-0.25, -0.2) is 19.0 Å². The fraction of sp³-hybridized carbons (Fsp3) is 0.333. The Bertz CT molecular complexity index is 1050. The van der Waals surface area contributed by atoms with Crippen molar-refractivity contribution < 1.29 is 23.5 Å². The third-order valence-electron chi connectivity index (χ3n) is 4.32. The molecule has 0 radical (unpaired) electrons. The number of carbonyl (C=O) groups is 2. The summed E-state index contributed by atoms with van der Waals surface area (Å²) in [7, 11) is 0. The second-order valence-electron chi connectivity index (χ2n) is 7.08. The van der Waals surface area contributed by atoms with Crippen LogP contribution in [0.3, 0.4) is 0 Å². The minimum Gasteiger partial charge on any atom is -0.460 e. The van der Waals surface area contributed by atoms with Gasteiger partial charge in [0.25, 0.3) is 0 Å². The van der Waals surface area contributed by atoms with Crippen molar-refractivity contribution in [2.45, 2.75) is 45.9 Å². The summed E-state index contributed by atoms with van der Waals surface area (Å²) in [5, 5.41) is 5.54. The van der Waals surface area contributed by atoms with Gasteiger partial charge in [0.15, 0.2) is 16.9 Å². The highest BCUT2D eigenvalue weighted by Crippen LogP contribution is 2.36. The number of nitrogens with one attached hydrogen (secondary N) is 1. The van der Waals surface area contributed by atoms with Gasteiger partial charge in [0.1, 0.15) is 11.9 Å². The minimum atomic E-state index is -1.10. The third-order valence-corrected chi connectivity index (χ3v) is 5.79. The van der Waals surface area contributed by atoms with Crippen molar-refractivity contribution >= 4 is 45.0 Å². The summed E-state index contributed by atoms with van der Waals surface area (Å²) in [6.45, 7) is 6.57. The number of thiazole rings is 1. The molecule has 10 heteroatoms. The minimum absolute atomic E-state index is 0.205. The second kappa shape index (κ2) is 9.69. The molecule has 2 heterocycles. The number of benzene rings is 1. The number of allylic oxidation sites excluding steroid dienone is 1. The number of nitrogens with zero attached hydrogens (tertiary/aromatic N) is 2. The van der Waals surface area contributed by atoms with Gasteiger partial charge >= 0.3 is 11.9 Å². The fourth-order valence-corrected chi connectivity index (χ4v) is 4.09. The van der Waals surface area contributed by atoms with Crippen LogP contribution < -0.4 is 5.32 Å². The summed E-state index contributed by atoms with van der Waals surface area (Å²) < 4.78 is 24.6. The van der Waals surface area contributed by atoms with Crippen molar-refractivity contribution in [3.63, 3.8) is 0 Å². The van der Waals surface area contributed by atoms with Crippen molar-refractivity contribution in [3.8, 4) is 0 Å². The molecular weight excluding hydrogens is 489 g/mol. The Hall–Kier alpha value is -2.59. The average Bonchev–Trinajstić information content (AvgIpc) is 3.21. The van der Waals surface area contributed by atoms with E-state index in [1.165, 1.54) is 30.4 Å². The predicted molar refractivity (Wildman–Crippen MR) is 118 cm³/mol. The van der Waals surface area contributed by atoms with Crippen LogP contribution in [-0.4, -0.2) is 35.0 Å². The maximum Gasteiger partial charge on any atom is 0.347 e.